The Morgan fingerprint density at radius 1 is 1.02 bits per heavy atom. The summed E-state index contributed by atoms with van der Waals surface area (Å²) >= 11 is 0. The van der Waals surface area contributed by atoms with Crippen molar-refractivity contribution in [1.29, 1.82) is 5.26 Å². The molecule has 1 atom stereocenters. The van der Waals surface area contributed by atoms with Crippen LogP contribution in [0.3, 0.4) is 0 Å². The van der Waals surface area contributed by atoms with E-state index >= 15 is 0 Å². The summed E-state index contributed by atoms with van der Waals surface area (Å²) in [5, 5.41) is 30.1. The Kier molecular flexibility index (Phi) is 9.04. The van der Waals surface area contributed by atoms with Crippen LogP contribution in [0.1, 0.15) is 35.1 Å². The highest BCUT2D eigenvalue weighted by atomic mass is 19.4. The van der Waals surface area contributed by atoms with Crippen molar-refractivity contribution in [2.45, 2.75) is 43.7 Å². The first-order chi connectivity index (χ1) is 21.4. The van der Waals surface area contributed by atoms with Gasteiger partial charge in [-0.05, 0) is 60.4 Å². The molecule has 45 heavy (non-hydrogen) atoms. The number of β-amino-alcohol motifs (C(OH)–C–C–N with tert-alkyl or cyclic N) is 1. The van der Waals surface area contributed by atoms with Gasteiger partial charge in [-0.3, -0.25) is 9.69 Å². The maximum absolute atomic E-state index is 14.8. The number of methoxy groups -OCH3 is 1. The second-order valence-corrected chi connectivity index (χ2v) is 11.1. The van der Waals surface area contributed by atoms with E-state index in [2.05, 4.69) is 0 Å². The molecule has 2 heterocycles. The minimum Gasteiger partial charge on any atom is -0.493 e. The second kappa shape index (κ2) is 12.8. The molecule has 8 nitrogen and oxygen atoms in total. The number of aliphatic hydroxyl groups is 1. The Morgan fingerprint density at radius 2 is 1.71 bits per heavy atom. The van der Waals surface area contributed by atoms with Crippen LogP contribution in [0, 0.1) is 17.1 Å². The number of benzene rings is 3. The number of aliphatic carboxylic acids is 1. The third kappa shape index (κ3) is 6.90. The van der Waals surface area contributed by atoms with Crippen molar-refractivity contribution in [2.75, 3.05) is 26.7 Å². The van der Waals surface area contributed by atoms with Gasteiger partial charge in [0.25, 0.3) is 0 Å². The average Bonchev–Trinajstić information content (AvgIpc) is 3.37. The number of rotatable bonds is 10. The highest BCUT2D eigenvalue weighted by molar-refractivity contribution is 5.86. The van der Waals surface area contributed by atoms with E-state index in [0.29, 0.717) is 41.0 Å². The number of ether oxygens (including phenoxy) is 2. The number of likely N-dealkylation sites (tertiary alicyclic amines) is 1. The van der Waals surface area contributed by atoms with Gasteiger partial charge in [0.05, 0.1) is 30.7 Å². The number of hydrogen-bond acceptors (Lipinski definition) is 6. The SMILES string of the molecule is COc1cc(CC(=O)O)ccc1OC1CCN(CC(O)(c2cn(Cc3ccc(F)cc3)c3cc(C#N)ccc23)C(F)(F)F)CC1. The molecule has 0 spiro atoms. The zero-order chi connectivity index (χ0) is 32.4. The number of carbonyl (C=O) groups is 1. The summed E-state index contributed by atoms with van der Waals surface area (Å²) in [6.45, 7) is -0.181. The third-order valence-electron chi connectivity index (χ3n) is 8.06. The minimum atomic E-state index is -5.03. The summed E-state index contributed by atoms with van der Waals surface area (Å²) in [5.41, 5.74) is -1.81. The number of alkyl halides is 3. The van der Waals surface area contributed by atoms with E-state index < -0.39 is 30.1 Å². The molecule has 1 aromatic heterocycles. The fourth-order valence-electron chi connectivity index (χ4n) is 5.72. The number of halogens is 4. The van der Waals surface area contributed by atoms with Crippen molar-refractivity contribution in [1.82, 2.24) is 9.47 Å². The topological polar surface area (TPSA) is 108 Å². The second-order valence-electron chi connectivity index (χ2n) is 11.1. The average molecular weight is 626 g/mol. The van der Waals surface area contributed by atoms with Gasteiger partial charge in [0.15, 0.2) is 11.5 Å². The summed E-state index contributed by atoms with van der Waals surface area (Å²) < 4.78 is 70.8. The molecule has 0 bridgehead atoms. The quantitative estimate of drug-likeness (QED) is 0.220. The number of nitrogens with zero attached hydrogens (tertiary/aromatic N) is 3. The van der Waals surface area contributed by atoms with Crippen LogP contribution in [0.4, 0.5) is 17.6 Å². The van der Waals surface area contributed by atoms with E-state index in [0.717, 1.165) is 0 Å². The zero-order valence-electron chi connectivity index (χ0n) is 24.4. The van der Waals surface area contributed by atoms with E-state index in [4.69, 9.17) is 14.6 Å². The van der Waals surface area contributed by atoms with Gasteiger partial charge >= 0.3 is 12.1 Å². The molecule has 3 aromatic carbocycles. The number of hydrogen-bond donors (Lipinski definition) is 2. The maximum atomic E-state index is 14.8. The monoisotopic (exact) mass is 625 g/mol. The largest absolute Gasteiger partial charge is 0.493 e. The van der Waals surface area contributed by atoms with Crippen LogP contribution in [0.25, 0.3) is 10.9 Å². The predicted octanol–water partition coefficient (Wildman–Crippen LogP) is 5.63. The molecule has 0 aliphatic carbocycles. The molecule has 0 saturated carbocycles. The molecule has 5 rings (SSSR count). The van der Waals surface area contributed by atoms with E-state index in [1.54, 1.807) is 23.1 Å². The maximum Gasteiger partial charge on any atom is 0.422 e. The number of aromatic nitrogens is 1. The lowest BCUT2D eigenvalue weighted by molar-refractivity contribution is -0.272. The zero-order valence-corrected chi connectivity index (χ0v) is 24.4. The van der Waals surface area contributed by atoms with Gasteiger partial charge in [0, 0.05) is 43.3 Å². The number of fused-ring (bicyclic) bond motifs is 1. The van der Waals surface area contributed by atoms with Gasteiger partial charge < -0.3 is 24.3 Å². The van der Waals surface area contributed by atoms with E-state index in [1.165, 1.54) is 60.3 Å². The number of nitriles is 1. The van der Waals surface area contributed by atoms with Gasteiger partial charge in [0.2, 0.25) is 5.60 Å². The molecule has 236 valence electrons. The van der Waals surface area contributed by atoms with Crippen molar-refractivity contribution in [2.24, 2.45) is 0 Å². The standard InChI is InChI=1S/C33H31F4N3O5/c1-44-30-15-22(16-31(41)42)5-9-29(30)45-25-10-12-39(13-11-25)20-32(43,33(35,36)37)27-19-40(18-21-2-6-24(34)7-3-21)28-14-23(17-38)4-8-26(27)28/h2-9,14-15,19,25,43H,10-13,16,18,20H2,1H3,(H,41,42). The molecule has 2 N–H and O–H groups in total. The van der Waals surface area contributed by atoms with Crippen molar-refractivity contribution in [3.63, 3.8) is 0 Å². The van der Waals surface area contributed by atoms with E-state index in [9.17, 15) is 32.7 Å². The van der Waals surface area contributed by atoms with Crippen LogP contribution in [0.5, 0.6) is 11.5 Å². The lowest BCUT2D eigenvalue weighted by Crippen LogP contribution is -2.53. The highest BCUT2D eigenvalue weighted by Crippen LogP contribution is 2.44. The molecule has 1 aliphatic heterocycles. The van der Waals surface area contributed by atoms with Gasteiger partial charge in [0.1, 0.15) is 11.9 Å². The minimum absolute atomic E-state index is 0.100. The first-order valence-electron chi connectivity index (χ1n) is 14.2. The number of piperidine rings is 1. The molecule has 0 amide bonds. The first-order valence-corrected chi connectivity index (χ1v) is 14.2. The number of carboxylic acid groups (broad SMARTS) is 1. The Labute approximate surface area is 256 Å². The van der Waals surface area contributed by atoms with Crippen LogP contribution in [0.15, 0.2) is 66.9 Å². The molecule has 1 aliphatic rings. The van der Waals surface area contributed by atoms with Crippen molar-refractivity contribution < 1.29 is 42.0 Å². The molecule has 1 unspecified atom stereocenters. The lowest BCUT2D eigenvalue weighted by atomic mass is 9.90. The Morgan fingerprint density at radius 3 is 2.33 bits per heavy atom. The first kappa shape index (κ1) is 31.8. The Hall–Kier alpha value is -4.60. The summed E-state index contributed by atoms with van der Waals surface area (Å²) in [4.78, 5) is 12.6. The van der Waals surface area contributed by atoms with Crippen LogP contribution >= 0.6 is 0 Å². The van der Waals surface area contributed by atoms with E-state index in [1.807, 2.05) is 6.07 Å². The van der Waals surface area contributed by atoms with Gasteiger partial charge in [-0.25, -0.2) is 4.39 Å². The van der Waals surface area contributed by atoms with E-state index in [-0.39, 0.29) is 48.7 Å². The van der Waals surface area contributed by atoms with Crippen LogP contribution in [-0.4, -0.2) is 64.7 Å². The summed E-state index contributed by atoms with van der Waals surface area (Å²) in [6, 6.07) is 16.7. The smallest absolute Gasteiger partial charge is 0.422 e. The van der Waals surface area contributed by atoms with Crippen molar-refractivity contribution in [3.8, 4) is 17.6 Å². The fourth-order valence-corrected chi connectivity index (χ4v) is 5.72. The molecule has 1 fully saturated rings. The summed E-state index contributed by atoms with van der Waals surface area (Å²) in [7, 11) is 1.44. The molecular formula is C33H31F4N3O5. The normalized spacial score (nSPS) is 15.8. The van der Waals surface area contributed by atoms with Crippen molar-refractivity contribution in [3.05, 3.63) is 94.9 Å². The summed E-state index contributed by atoms with van der Waals surface area (Å²) in [5.74, 6) is -0.667. The van der Waals surface area contributed by atoms with Crippen LogP contribution in [0.2, 0.25) is 0 Å². The molecule has 4 aromatic rings. The highest BCUT2D eigenvalue weighted by Gasteiger charge is 2.57. The van der Waals surface area contributed by atoms with Gasteiger partial charge in [-0.1, -0.05) is 24.3 Å². The summed E-state index contributed by atoms with van der Waals surface area (Å²) in [6.07, 6.45) is -3.52. The predicted molar refractivity (Wildman–Crippen MR) is 157 cm³/mol. The van der Waals surface area contributed by atoms with Crippen LogP contribution < -0.4 is 9.47 Å². The fraction of sp³-hybridized carbons (Fsp3) is 0.333. The van der Waals surface area contributed by atoms with Crippen molar-refractivity contribution >= 4 is 16.9 Å². The third-order valence-corrected chi connectivity index (χ3v) is 8.06. The van der Waals surface area contributed by atoms with Gasteiger partial charge in [-0.2, -0.15) is 18.4 Å². The van der Waals surface area contributed by atoms with Crippen LogP contribution in [-0.2, 0) is 23.4 Å². The molecule has 0 radical (unpaired) electrons. The Bertz CT molecular complexity index is 1720. The number of carboxylic acids is 1. The lowest BCUT2D eigenvalue weighted by Gasteiger charge is -2.39. The Balaban J connectivity index is 1.37. The molecule has 12 heteroatoms. The van der Waals surface area contributed by atoms with Gasteiger partial charge in [-0.15, -0.1) is 0 Å². The molecule has 1 saturated heterocycles. The molecular weight excluding hydrogens is 594 g/mol.